The van der Waals surface area contributed by atoms with Crippen LogP contribution in [0.25, 0.3) is 0 Å². The van der Waals surface area contributed by atoms with Gasteiger partial charge >= 0.3 is 5.97 Å². The Morgan fingerprint density at radius 2 is 2.18 bits per heavy atom. The lowest BCUT2D eigenvalue weighted by molar-refractivity contribution is -0.136. The monoisotopic (exact) mass is 277 g/mol. The number of hydrogen-bond donors (Lipinski definition) is 2. The Labute approximate surface area is 104 Å². The number of rotatable bonds is 6. The van der Waals surface area contributed by atoms with Gasteiger partial charge in [0.1, 0.15) is 10.8 Å². The zero-order chi connectivity index (χ0) is 12.8. The number of carbonyl (C=O) groups is 2. The van der Waals surface area contributed by atoms with E-state index in [0.717, 1.165) is 0 Å². The van der Waals surface area contributed by atoms with Gasteiger partial charge in [-0.1, -0.05) is 11.3 Å². The highest BCUT2D eigenvalue weighted by atomic mass is 32.2. The summed E-state index contributed by atoms with van der Waals surface area (Å²) < 4.78 is 11.3. The second-order valence-electron chi connectivity index (χ2n) is 3.11. The minimum absolute atomic E-state index is 0.0299. The lowest BCUT2D eigenvalue weighted by atomic mass is 10.5. The molecule has 0 saturated carbocycles. The van der Waals surface area contributed by atoms with Crippen LogP contribution in [0.4, 0.5) is 5.13 Å². The molecule has 1 rings (SSSR count). The molecule has 7 nitrogen and oxygen atoms in total. The largest absolute Gasteiger partial charge is 0.481 e. The van der Waals surface area contributed by atoms with E-state index in [-0.39, 0.29) is 17.9 Å². The van der Waals surface area contributed by atoms with E-state index in [0.29, 0.717) is 10.1 Å². The second kappa shape index (κ2) is 6.40. The van der Waals surface area contributed by atoms with Gasteiger partial charge in [-0.05, 0) is 6.92 Å². The number of anilines is 1. The molecule has 0 saturated heterocycles. The molecule has 1 unspecified atom stereocenters. The first-order valence-electron chi connectivity index (χ1n) is 4.64. The third-order valence-electron chi connectivity index (χ3n) is 1.61. The van der Waals surface area contributed by atoms with Gasteiger partial charge in [0.25, 0.3) is 0 Å². The number of aliphatic carboxylic acids is 1. The van der Waals surface area contributed by atoms with Crippen molar-refractivity contribution in [2.75, 3.05) is 16.8 Å². The number of nitrogens with zero attached hydrogens (tertiary/aromatic N) is 2. The van der Waals surface area contributed by atoms with E-state index < -0.39 is 22.7 Å². The van der Waals surface area contributed by atoms with E-state index in [1.165, 1.54) is 11.3 Å². The number of aromatic nitrogens is 2. The van der Waals surface area contributed by atoms with E-state index in [1.807, 2.05) is 0 Å². The first-order chi connectivity index (χ1) is 7.97. The number of hydrogen-bond acceptors (Lipinski definition) is 6. The smallest absolute Gasteiger partial charge is 0.304 e. The summed E-state index contributed by atoms with van der Waals surface area (Å²) in [5.74, 6) is -1.74. The maximum absolute atomic E-state index is 11.4. The van der Waals surface area contributed by atoms with Crippen molar-refractivity contribution in [1.82, 2.24) is 10.2 Å². The molecule has 9 heteroatoms. The number of amides is 1. The lowest BCUT2D eigenvalue weighted by Crippen LogP contribution is -2.21. The Kier molecular flexibility index (Phi) is 5.16. The lowest BCUT2D eigenvalue weighted by Gasteiger charge is -2.00. The molecule has 0 radical (unpaired) electrons. The highest BCUT2D eigenvalue weighted by molar-refractivity contribution is 7.85. The van der Waals surface area contributed by atoms with Crippen molar-refractivity contribution in [3.8, 4) is 0 Å². The van der Waals surface area contributed by atoms with Crippen LogP contribution in [0, 0.1) is 6.92 Å². The summed E-state index contributed by atoms with van der Waals surface area (Å²) in [6, 6.07) is 0. The summed E-state index contributed by atoms with van der Waals surface area (Å²) in [5, 5.41) is 19.3. The van der Waals surface area contributed by atoms with Crippen LogP contribution >= 0.6 is 11.3 Å². The first kappa shape index (κ1) is 13.7. The maximum atomic E-state index is 11.4. The average Bonchev–Trinajstić information content (AvgIpc) is 2.60. The highest BCUT2D eigenvalue weighted by Gasteiger charge is 2.11. The molecule has 0 bridgehead atoms. The average molecular weight is 277 g/mol. The van der Waals surface area contributed by atoms with Gasteiger partial charge in [0, 0.05) is 16.6 Å². The Morgan fingerprint density at radius 1 is 1.47 bits per heavy atom. The number of aryl methyl sites for hydroxylation is 1. The zero-order valence-corrected chi connectivity index (χ0v) is 10.6. The molecule has 1 atom stereocenters. The van der Waals surface area contributed by atoms with Crippen molar-refractivity contribution in [3.63, 3.8) is 0 Å². The Bertz CT molecular complexity index is 446. The first-order valence-corrected chi connectivity index (χ1v) is 6.94. The zero-order valence-electron chi connectivity index (χ0n) is 9.00. The molecule has 17 heavy (non-hydrogen) atoms. The third-order valence-corrected chi connectivity index (χ3v) is 3.61. The predicted octanol–water partition coefficient (Wildman–Crippen LogP) is 0.00842. The molecule has 2 N–H and O–H groups in total. The summed E-state index contributed by atoms with van der Waals surface area (Å²) in [4.78, 5) is 21.6. The summed E-state index contributed by atoms with van der Waals surface area (Å²) in [5.41, 5.74) is 0. The molecule has 0 aliphatic heterocycles. The van der Waals surface area contributed by atoms with Crippen LogP contribution in [0.5, 0.6) is 0 Å². The molecule has 0 spiro atoms. The molecule has 0 aromatic carbocycles. The molecule has 1 aromatic rings. The van der Waals surface area contributed by atoms with Crippen molar-refractivity contribution >= 4 is 39.1 Å². The quantitative estimate of drug-likeness (QED) is 0.758. The van der Waals surface area contributed by atoms with Gasteiger partial charge in [-0.2, -0.15) is 0 Å². The van der Waals surface area contributed by atoms with Crippen LogP contribution in [-0.4, -0.2) is 42.9 Å². The molecule has 1 heterocycles. The van der Waals surface area contributed by atoms with Gasteiger partial charge in [0.05, 0.1) is 6.42 Å². The minimum Gasteiger partial charge on any atom is -0.481 e. The Balaban J connectivity index is 2.34. The van der Waals surface area contributed by atoms with Crippen LogP contribution in [-0.2, 0) is 20.4 Å². The van der Waals surface area contributed by atoms with Gasteiger partial charge in [-0.3, -0.25) is 19.1 Å². The van der Waals surface area contributed by atoms with Gasteiger partial charge in [0.2, 0.25) is 11.0 Å². The van der Waals surface area contributed by atoms with Crippen molar-refractivity contribution in [2.24, 2.45) is 0 Å². The number of carboxylic acids is 1. The fraction of sp³-hybridized carbons (Fsp3) is 0.500. The van der Waals surface area contributed by atoms with E-state index >= 15 is 0 Å². The molecule has 1 amide bonds. The van der Waals surface area contributed by atoms with Gasteiger partial charge in [-0.25, -0.2) is 0 Å². The fourth-order valence-electron chi connectivity index (χ4n) is 0.922. The van der Waals surface area contributed by atoms with Gasteiger partial charge < -0.3 is 5.11 Å². The fourth-order valence-corrected chi connectivity index (χ4v) is 2.44. The molecule has 0 aliphatic rings. The molecular formula is C8H11N3O4S2. The summed E-state index contributed by atoms with van der Waals surface area (Å²) in [7, 11) is -1.47. The summed E-state index contributed by atoms with van der Waals surface area (Å²) in [6.45, 7) is 1.75. The van der Waals surface area contributed by atoms with E-state index in [9.17, 15) is 13.8 Å². The minimum atomic E-state index is -1.47. The van der Waals surface area contributed by atoms with Gasteiger partial charge in [0.15, 0.2) is 0 Å². The standard InChI is InChI=1S/C8H11N3O4S2/c1-5-10-11-8(16-5)9-6(12)4-17(15)3-2-7(13)14/h2-4H2,1H3,(H,13,14)(H,9,11,12). The molecule has 0 aliphatic carbocycles. The number of carbonyl (C=O) groups excluding carboxylic acids is 1. The Hall–Kier alpha value is -1.35. The molecule has 1 aromatic heterocycles. The van der Waals surface area contributed by atoms with E-state index in [4.69, 9.17) is 5.11 Å². The third kappa shape index (κ3) is 5.50. The van der Waals surface area contributed by atoms with Crippen molar-refractivity contribution < 1.29 is 18.9 Å². The Morgan fingerprint density at radius 3 is 2.71 bits per heavy atom. The van der Waals surface area contributed by atoms with Crippen LogP contribution in [0.3, 0.4) is 0 Å². The van der Waals surface area contributed by atoms with Crippen molar-refractivity contribution in [1.29, 1.82) is 0 Å². The number of carboxylic acid groups (broad SMARTS) is 1. The van der Waals surface area contributed by atoms with Crippen LogP contribution in [0.15, 0.2) is 0 Å². The summed E-state index contributed by atoms with van der Waals surface area (Å²) >= 11 is 1.21. The predicted molar refractivity (Wildman–Crippen MR) is 63.4 cm³/mol. The molecular weight excluding hydrogens is 266 g/mol. The topological polar surface area (TPSA) is 109 Å². The maximum Gasteiger partial charge on any atom is 0.304 e. The summed E-state index contributed by atoms with van der Waals surface area (Å²) in [6.07, 6.45) is -0.211. The second-order valence-corrected chi connectivity index (χ2v) is 5.86. The molecule has 94 valence electrons. The van der Waals surface area contributed by atoms with E-state index in [2.05, 4.69) is 15.5 Å². The van der Waals surface area contributed by atoms with Crippen molar-refractivity contribution in [2.45, 2.75) is 13.3 Å². The van der Waals surface area contributed by atoms with Crippen molar-refractivity contribution in [3.05, 3.63) is 5.01 Å². The number of nitrogens with one attached hydrogen (secondary N) is 1. The molecule has 0 fully saturated rings. The van der Waals surface area contributed by atoms with Gasteiger partial charge in [-0.15, -0.1) is 10.2 Å². The van der Waals surface area contributed by atoms with E-state index in [1.54, 1.807) is 6.92 Å². The SMILES string of the molecule is Cc1nnc(NC(=O)CS(=O)CCC(=O)O)s1. The van der Waals surface area contributed by atoms with Crippen LogP contribution < -0.4 is 5.32 Å². The normalized spacial score (nSPS) is 12.1. The van der Waals surface area contributed by atoms with Crippen LogP contribution in [0.1, 0.15) is 11.4 Å². The van der Waals surface area contributed by atoms with Crippen LogP contribution in [0.2, 0.25) is 0 Å². The highest BCUT2D eigenvalue weighted by Crippen LogP contribution is 2.13.